The predicted octanol–water partition coefficient (Wildman–Crippen LogP) is 0.905. The molecule has 0 spiro atoms. The zero-order chi connectivity index (χ0) is 13.0. The second kappa shape index (κ2) is 5.77. The summed E-state index contributed by atoms with van der Waals surface area (Å²) in [6.07, 6.45) is 1.56. The maximum absolute atomic E-state index is 13.0. The summed E-state index contributed by atoms with van der Waals surface area (Å²) < 4.78 is 24.0. The van der Waals surface area contributed by atoms with Crippen molar-refractivity contribution in [2.75, 3.05) is 18.5 Å². The molecule has 17 heavy (non-hydrogen) atoms. The highest BCUT2D eigenvalue weighted by molar-refractivity contribution is 7.84. The Hall–Kier alpha value is -1.43. The van der Waals surface area contributed by atoms with Crippen LogP contribution >= 0.6 is 0 Å². The quantitative estimate of drug-likeness (QED) is 0.788. The summed E-state index contributed by atoms with van der Waals surface area (Å²) in [4.78, 5) is 11.7. The molecule has 0 heterocycles. The van der Waals surface area contributed by atoms with Crippen LogP contribution < -0.4 is 11.1 Å². The third-order valence-electron chi connectivity index (χ3n) is 2.38. The molecule has 4 nitrogen and oxygen atoms in total. The molecule has 1 aromatic carbocycles. The molecule has 0 aliphatic heterocycles. The first-order chi connectivity index (χ1) is 7.91. The number of amides is 1. The first-order valence-electron chi connectivity index (χ1n) is 5.07. The van der Waals surface area contributed by atoms with Gasteiger partial charge in [0.05, 0.1) is 5.56 Å². The lowest BCUT2D eigenvalue weighted by atomic mass is 10.1. The van der Waals surface area contributed by atoms with E-state index >= 15 is 0 Å². The number of nitrogens with two attached hydrogens (primary N) is 1. The van der Waals surface area contributed by atoms with Crippen LogP contribution in [0.25, 0.3) is 0 Å². The van der Waals surface area contributed by atoms with Crippen molar-refractivity contribution in [3.8, 4) is 0 Å². The number of hydrogen-bond donors (Lipinski definition) is 2. The fourth-order valence-corrected chi connectivity index (χ4v) is 1.49. The third kappa shape index (κ3) is 3.81. The van der Waals surface area contributed by atoms with Crippen LogP contribution in [0.15, 0.2) is 18.2 Å². The van der Waals surface area contributed by atoms with Crippen LogP contribution in [0, 0.1) is 5.82 Å². The highest BCUT2D eigenvalue weighted by Crippen LogP contribution is 2.13. The minimum absolute atomic E-state index is 0.0964. The molecule has 0 fully saturated rings. The number of rotatable bonds is 4. The predicted molar refractivity (Wildman–Crippen MR) is 66.7 cm³/mol. The van der Waals surface area contributed by atoms with Crippen molar-refractivity contribution in [3.05, 3.63) is 29.6 Å². The topological polar surface area (TPSA) is 72.2 Å². The van der Waals surface area contributed by atoms with Crippen molar-refractivity contribution in [3.63, 3.8) is 0 Å². The third-order valence-corrected chi connectivity index (χ3v) is 3.68. The van der Waals surface area contributed by atoms with E-state index in [1.165, 1.54) is 12.1 Å². The molecular weight excluding hydrogens is 243 g/mol. The fraction of sp³-hybridized carbons (Fsp3) is 0.364. The van der Waals surface area contributed by atoms with Crippen LogP contribution in [-0.2, 0) is 10.8 Å². The molecule has 0 aromatic heterocycles. The van der Waals surface area contributed by atoms with Crippen LogP contribution in [0.1, 0.15) is 17.3 Å². The van der Waals surface area contributed by atoms with E-state index in [0.29, 0.717) is 0 Å². The van der Waals surface area contributed by atoms with Gasteiger partial charge in [-0.2, -0.15) is 0 Å². The normalized spacial score (nSPS) is 14.1. The van der Waals surface area contributed by atoms with Gasteiger partial charge < -0.3 is 11.1 Å². The summed E-state index contributed by atoms with van der Waals surface area (Å²) in [5, 5.41) is 2.41. The Morgan fingerprint density at radius 3 is 2.82 bits per heavy atom. The van der Waals surface area contributed by atoms with Crippen LogP contribution in [-0.4, -0.2) is 28.2 Å². The van der Waals surface area contributed by atoms with Crippen LogP contribution in [0.4, 0.5) is 10.1 Å². The molecule has 0 aliphatic carbocycles. The highest BCUT2D eigenvalue weighted by Gasteiger charge is 2.13. The van der Waals surface area contributed by atoms with Gasteiger partial charge >= 0.3 is 0 Å². The average Bonchev–Trinajstić information content (AvgIpc) is 2.28. The Morgan fingerprint density at radius 1 is 1.59 bits per heavy atom. The molecule has 94 valence electrons. The second-order valence-electron chi connectivity index (χ2n) is 3.75. The van der Waals surface area contributed by atoms with Crippen LogP contribution in [0.2, 0.25) is 0 Å². The molecule has 1 aromatic rings. The number of anilines is 1. The molecule has 0 aliphatic rings. The zero-order valence-corrected chi connectivity index (χ0v) is 10.5. The minimum atomic E-state index is -1.01. The van der Waals surface area contributed by atoms with Gasteiger partial charge in [-0.15, -0.1) is 0 Å². The number of carbonyl (C=O) groups excluding carboxylic acids is 1. The van der Waals surface area contributed by atoms with Crippen molar-refractivity contribution in [2.24, 2.45) is 0 Å². The van der Waals surface area contributed by atoms with Crippen molar-refractivity contribution >= 4 is 22.4 Å². The van der Waals surface area contributed by atoms with Gasteiger partial charge in [0, 0.05) is 34.5 Å². The van der Waals surface area contributed by atoms with Gasteiger partial charge in [-0.1, -0.05) is 0 Å². The van der Waals surface area contributed by atoms with Gasteiger partial charge in [0.1, 0.15) is 5.82 Å². The van der Waals surface area contributed by atoms with Gasteiger partial charge in [-0.3, -0.25) is 9.00 Å². The number of nitrogens with one attached hydrogen (secondary N) is 1. The highest BCUT2D eigenvalue weighted by atomic mass is 32.2. The summed E-state index contributed by atoms with van der Waals surface area (Å²) in [6, 6.07) is 3.61. The van der Waals surface area contributed by atoms with Gasteiger partial charge in [-0.05, 0) is 25.1 Å². The monoisotopic (exact) mass is 258 g/mol. The maximum atomic E-state index is 13.0. The minimum Gasteiger partial charge on any atom is -0.398 e. The molecule has 3 N–H and O–H groups in total. The summed E-state index contributed by atoms with van der Waals surface area (Å²) in [5.41, 5.74) is 5.88. The number of nitrogen functional groups attached to an aromatic ring is 1. The van der Waals surface area contributed by atoms with Gasteiger partial charge in [0.2, 0.25) is 0 Å². The van der Waals surface area contributed by atoms with Crippen LogP contribution in [0.5, 0.6) is 0 Å². The molecule has 1 amide bonds. The Balaban J connectivity index is 2.70. The Morgan fingerprint density at radius 2 is 2.24 bits per heavy atom. The van der Waals surface area contributed by atoms with Crippen molar-refractivity contribution in [2.45, 2.75) is 12.2 Å². The van der Waals surface area contributed by atoms with E-state index in [-0.39, 0.29) is 23.0 Å². The Bertz CT molecular complexity index is 451. The number of halogens is 1. The summed E-state index contributed by atoms with van der Waals surface area (Å²) in [5.74, 6) is -0.976. The smallest absolute Gasteiger partial charge is 0.253 e. The maximum Gasteiger partial charge on any atom is 0.253 e. The number of hydrogen-bond acceptors (Lipinski definition) is 3. The van der Waals surface area contributed by atoms with E-state index in [9.17, 15) is 13.4 Å². The van der Waals surface area contributed by atoms with E-state index in [4.69, 9.17) is 5.73 Å². The molecule has 0 saturated carbocycles. The molecule has 1 rings (SSSR count). The number of benzene rings is 1. The first-order valence-corrected chi connectivity index (χ1v) is 6.69. The SMILES string of the molecule is CC(CNC(=O)c1cc(F)ccc1N)S(C)=O. The molecule has 0 bridgehead atoms. The van der Waals surface area contributed by atoms with E-state index < -0.39 is 22.5 Å². The van der Waals surface area contributed by atoms with Crippen molar-refractivity contribution < 1.29 is 13.4 Å². The van der Waals surface area contributed by atoms with Crippen LogP contribution in [0.3, 0.4) is 0 Å². The lowest BCUT2D eigenvalue weighted by molar-refractivity contribution is 0.0954. The molecule has 2 atom stereocenters. The van der Waals surface area contributed by atoms with E-state index in [2.05, 4.69) is 5.32 Å². The first kappa shape index (κ1) is 13.6. The summed E-state index contributed by atoms with van der Waals surface area (Å²) in [6.45, 7) is 2.02. The molecular formula is C11H15FN2O2S. The molecule has 0 radical (unpaired) electrons. The standard InChI is InChI=1S/C11H15FN2O2S/c1-7(17(2)16)6-14-11(15)9-5-8(12)3-4-10(9)13/h3-5,7H,6,13H2,1-2H3,(H,14,15). The molecule has 0 saturated heterocycles. The second-order valence-corrected chi connectivity index (χ2v) is 5.55. The largest absolute Gasteiger partial charge is 0.398 e. The van der Waals surface area contributed by atoms with Crippen molar-refractivity contribution in [1.29, 1.82) is 0 Å². The van der Waals surface area contributed by atoms with E-state index in [0.717, 1.165) is 6.07 Å². The Kier molecular flexibility index (Phi) is 4.62. The Labute approximate surface area is 102 Å². The number of carbonyl (C=O) groups is 1. The molecule has 6 heteroatoms. The summed E-state index contributed by atoms with van der Waals surface area (Å²) >= 11 is 0. The zero-order valence-electron chi connectivity index (χ0n) is 9.70. The lowest BCUT2D eigenvalue weighted by Crippen LogP contribution is -2.33. The van der Waals surface area contributed by atoms with Gasteiger partial charge in [0.25, 0.3) is 5.91 Å². The average molecular weight is 258 g/mol. The summed E-state index contributed by atoms with van der Waals surface area (Å²) in [7, 11) is -1.01. The van der Waals surface area contributed by atoms with Crippen molar-refractivity contribution in [1.82, 2.24) is 5.32 Å². The molecule has 2 unspecified atom stereocenters. The van der Waals surface area contributed by atoms with E-state index in [1.54, 1.807) is 13.2 Å². The van der Waals surface area contributed by atoms with Gasteiger partial charge in [0.15, 0.2) is 0 Å². The fourth-order valence-electron chi connectivity index (χ4n) is 1.17. The van der Waals surface area contributed by atoms with E-state index in [1.807, 2.05) is 0 Å². The van der Waals surface area contributed by atoms with Gasteiger partial charge in [-0.25, -0.2) is 4.39 Å². The lowest BCUT2D eigenvalue weighted by Gasteiger charge is -2.11.